The van der Waals surface area contributed by atoms with Crippen LogP contribution in [0, 0.1) is 6.92 Å². The molecular weight excluding hydrogens is 190 g/mol. The molecule has 0 saturated heterocycles. The molecule has 1 aromatic heterocycles. The number of nitrogens with one attached hydrogen (secondary N) is 1. The smallest absolute Gasteiger partial charge is 0.266 e. The minimum Gasteiger partial charge on any atom is -0.317 e. The van der Waals surface area contributed by atoms with E-state index >= 15 is 0 Å². The molecule has 1 heterocycles. The molecule has 0 radical (unpaired) electrons. The van der Waals surface area contributed by atoms with E-state index in [4.69, 9.17) is 0 Å². The molecule has 4 nitrogen and oxygen atoms in total. The van der Waals surface area contributed by atoms with E-state index in [0.717, 1.165) is 31.6 Å². The molecule has 0 aliphatic heterocycles. The first kappa shape index (κ1) is 11.9. The van der Waals surface area contributed by atoms with Gasteiger partial charge in [-0.05, 0) is 38.9 Å². The summed E-state index contributed by atoms with van der Waals surface area (Å²) in [5, 5.41) is 7.46. The van der Waals surface area contributed by atoms with Crippen molar-refractivity contribution >= 4 is 0 Å². The van der Waals surface area contributed by atoms with Crippen LogP contribution in [0.5, 0.6) is 0 Å². The van der Waals surface area contributed by atoms with Gasteiger partial charge in [0.2, 0.25) is 0 Å². The molecule has 0 aliphatic carbocycles. The van der Waals surface area contributed by atoms with Crippen LogP contribution < -0.4 is 10.9 Å². The van der Waals surface area contributed by atoms with Gasteiger partial charge in [-0.15, -0.1) is 0 Å². The van der Waals surface area contributed by atoms with Gasteiger partial charge in [0.05, 0.1) is 5.69 Å². The Morgan fingerprint density at radius 1 is 1.40 bits per heavy atom. The largest absolute Gasteiger partial charge is 0.317 e. The Kier molecular flexibility index (Phi) is 5.04. The summed E-state index contributed by atoms with van der Waals surface area (Å²) in [6.45, 7) is 6.70. The van der Waals surface area contributed by atoms with E-state index in [1.165, 1.54) is 4.68 Å². The summed E-state index contributed by atoms with van der Waals surface area (Å²) >= 11 is 0. The van der Waals surface area contributed by atoms with Gasteiger partial charge in [-0.1, -0.05) is 6.92 Å². The van der Waals surface area contributed by atoms with Crippen LogP contribution >= 0.6 is 0 Å². The van der Waals surface area contributed by atoms with Crippen LogP contribution in [0.4, 0.5) is 0 Å². The first-order chi connectivity index (χ1) is 7.24. The number of rotatable bonds is 6. The van der Waals surface area contributed by atoms with Crippen LogP contribution in [-0.4, -0.2) is 22.9 Å². The maximum atomic E-state index is 11.4. The average molecular weight is 209 g/mol. The molecule has 0 unspecified atom stereocenters. The zero-order valence-electron chi connectivity index (χ0n) is 9.49. The minimum atomic E-state index is -0.0175. The van der Waals surface area contributed by atoms with Crippen LogP contribution in [0.1, 0.15) is 25.5 Å². The quantitative estimate of drug-likeness (QED) is 0.709. The van der Waals surface area contributed by atoms with E-state index in [-0.39, 0.29) is 5.56 Å². The van der Waals surface area contributed by atoms with E-state index in [2.05, 4.69) is 17.3 Å². The SMILES string of the molecule is CCCNCCCn1nc(C)ccc1=O. The van der Waals surface area contributed by atoms with Gasteiger partial charge in [-0.3, -0.25) is 4.79 Å². The Bertz CT molecular complexity index is 346. The fourth-order valence-corrected chi connectivity index (χ4v) is 1.37. The minimum absolute atomic E-state index is 0.0175. The lowest BCUT2D eigenvalue weighted by molar-refractivity contribution is 0.517. The number of nitrogens with zero attached hydrogens (tertiary/aromatic N) is 2. The molecule has 0 bridgehead atoms. The fourth-order valence-electron chi connectivity index (χ4n) is 1.37. The predicted octanol–water partition coefficient (Wildman–Crippen LogP) is 0.941. The average Bonchev–Trinajstić information content (AvgIpc) is 2.23. The third-order valence-electron chi connectivity index (χ3n) is 2.15. The first-order valence-corrected chi connectivity index (χ1v) is 5.49. The zero-order valence-corrected chi connectivity index (χ0v) is 9.49. The third-order valence-corrected chi connectivity index (χ3v) is 2.15. The highest BCUT2D eigenvalue weighted by Crippen LogP contribution is 1.88. The second-order valence-electron chi connectivity index (χ2n) is 3.64. The summed E-state index contributed by atoms with van der Waals surface area (Å²) in [4.78, 5) is 11.4. The molecule has 1 rings (SSSR count). The number of hydrogen-bond donors (Lipinski definition) is 1. The van der Waals surface area contributed by atoms with Gasteiger partial charge in [0, 0.05) is 12.6 Å². The van der Waals surface area contributed by atoms with Gasteiger partial charge in [0.25, 0.3) is 5.56 Å². The van der Waals surface area contributed by atoms with Crippen molar-refractivity contribution in [2.75, 3.05) is 13.1 Å². The van der Waals surface area contributed by atoms with Crippen molar-refractivity contribution in [3.05, 3.63) is 28.2 Å². The predicted molar refractivity (Wildman–Crippen MR) is 61.0 cm³/mol. The zero-order chi connectivity index (χ0) is 11.1. The summed E-state index contributed by atoms with van der Waals surface area (Å²) in [7, 11) is 0. The van der Waals surface area contributed by atoms with Crippen molar-refractivity contribution in [3.63, 3.8) is 0 Å². The van der Waals surface area contributed by atoms with E-state index in [9.17, 15) is 4.79 Å². The molecule has 1 aromatic rings. The Labute approximate surface area is 90.3 Å². The Morgan fingerprint density at radius 3 is 2.93 bits per heavy atom. The molecule has 4 heteroatoms. The molecule has 0 amide bonds. The lowest BCUT2D eigenvalue weighted by Gasteiger charge is -2.05. The van der Waals surface area contributed by atoms with Gasteiger partial charge in [0.1, 0.15) is 0 Å². The summed E-state index contributed by atoms with van der Waals surface area (Å²) in [6, 6.07) is 3.32. The fraction of sp³-hybridized carbons (Fsp3) is 0.636. The van der Waals surface area contributed by atoms with Crippen LogP contribution in [0.15, 0.2) is 16.9 Å². The Hall–Kier alpha value is -1.16. The molecule has 0 fully saturated rings. The molecule has 84 valence electrons. The van der Waals surface area contributed by atoms with E-state index in [1.807, 2.05) is 6.92 Å². The highest BCUT2D eigenvalue weighted by atomic mass is 16.1. The molecule has 15 heavy (non-hydrogen) atoms. The molecule has 1 N–H and O–H groups in total. The standard InChI is InChI=1S/C11H19N3O/c1-3-7-12-8-4-9-14-11(15)6-5-10(2)13-14/h5-6,12H,3-4,7-9H2,1-2H3. The Balaban J connectivity index is 2.37. The highest BCUT2D eigenvalue weighted by molar-refractivity contribution is 4.96. The van der Waals surface area contributed by atoms with E-state index < -0.39 is 0 Å². The van der Waals surface area contributed by atoms with Crippen molar-refractivity contribution in [2.24, 2.45) is 0 Å². The van der Waals surface area contributed by atoms with Crippen molar-refractivity contribution in [3.8, 4) is 0 Å². The lowest BCUT2D eigenvalue weighted by Crippen LogP contribution is -2.25. The van der Waals surface area contributed by atoms with Crippen molar-refractivity contribution in [1.82, 2.24) is 15.1 Å². The molecule has 0 saturated carbocycles. The van der Waals surface area contributed by atoms with Crippen molar-refractivity contribution in [1.29, 1.82) is 0 Å². The second kappa shape index (κ2) is 6.35. The molecule has 0 spiro atoms. The monoisotopic (exact) mass is 209 g/mol. The van der Waals surface area contributed by atoms with Gasteiger partial charge in [-0.25, -0.2) is 4.68 Å². The molecule has 0 aromatic carbocycles. The summed E-state index contributed by atoms with van der Waals surface area (Å²) in [5.74, 6) is 0. The topological polar surface area (TPSA) is 46.9 Å². The Morgan fingerprint density at radius 2 is 2.20 bits per heavy atom. The number of aromatic nitrogens is 2. The lowest BCUT2D eigenvalue weighted by atomic mass is 10.4. The van der Waals surface area contributed by atoms with Crippen LogP contribution in [0.25, 0.3) is 0 Å². The maximum Gasteiger partial charge on any atom is 0.266 e. The second-order valence-corrected chi connectivity index (χ2v) is 3.64. The van der Waals surface area contributed by atoms with E-state index in [1.54, 1.807) is 12.1 Å². The summed E-state index contributed by atoms with van der Waals surface area (Å²) < 4.78 is 1.53. The van der Waals surface area contributed by atoms with Crippen molar-refractivity contribution in [2.45, 2.75) is 33.2 Å². The molecular formula is C11H19N3O. The van der Waals surface area contributed by atoms with Gasteiger partial charge in [0.15, 0.2) is 0 Å². The van der Waals surface area contributed by atoms with Crippen LogP contribution in [0.2, 0.25) is 0 Å². The van der Waals surface area contributed by atoms with E-state index in [0.29, 0.717) is 6.54 Å². The summed E-state index contributed by atoms with van der Waals surface area (Å²) in [5.41, 5.74) is 0.868. The van der Waals surface area contributed by atoms with Gasteiger partial charge in [-0.2, -0.15) is 5.10 Å². The summed E-state index contributed by atoms with van der Waals surface area (Å²) in [6.07, 6.45) is 2.08. The highest BCUT2D eigenvalue weighted by Gasteiger charge is 1.96. The van der Waals surface area contributed by atoms with Crippen LogP contribution in [0.3, 0.4) is 0 Å². The number of aryl methyl sites for hydroxylation is 2. The third kappa shape index (κ3) is 4.25. The van der Waals surface area contributed by atoms with Crippen LogP contribution in [-0.2, 0) is 6.54 Å². The molecule has 0 aliphatic rings. The maximum absolute atomic E-state index is 11.4. The normalized spacial score (nSPS) is 10.5. The first-order valence-electron chi connectivity index (χ1n) is 5.49. The van der Waals surface area contributed by atoms with Gasteiger partial charge < -0.3 is 5.32 Å². The van der Waals surface area contributed by atoms with Gasteiger partial charge >= 0.3 is 0 Å². The molecule has 0 atom stereocenters. The number of hydrogen-bond acceptors (Lipinski definition) is 3. The van der Waals surface area contributed by atoms with Crippen molar-refractivity contribution < 1.29 is 0 Å².